The molecule has 0 bridgehead atoms. The van der Waals surface area contributed by atoms with Gasteiger partial charge in [0, 0.05) is 31.0 Å². The number of hydrogen-bond donors (Lipinski definition) is 2. The van der Waals surface area contributed by atoms with Crippen LogP contribution in [0.2, 0.25) is 0 Å². The van der Waals surface area contributed by atoms with Crippen molar-refractivity contribution < 1.29 is 9.59 Å². The highest BCUT2D eigenvalue weighted by Gasteiger charge is 2.18. The highest BCUT2D eigenvalue weighted by atomic mass is 32.2. The largest absolute Gasteiger partial charge is 0.326 e. The molecular weight excluding hydrogens is 563 g/mol. The highest BCUT2D eigenvalue weighted by Crippen LogP contribution is 2.33. The van der Waals surface area contributed by atoms with Crippen molar-refractivity contribution in [2.24, 2.45) is 7.05 Å². The van der Waals surface area contributed by atoms with Gasteiger partial charge in [-0.1, -0.05) is 67.8 Å². The van der Waals surface area contributed by atoms with Gasteiger partial charge in [-0.25, -0.2) is 0 Å². The number of carbonyl (C=O) groups excluding carboxylic acids is 2. The molecule has 4 aromatic rings. The Morgan fingerprint density at radius 1 is 0.950 bits per heavy atom. The number of benzene rings is 2. The Kier molecular flexibility index (Phi) is 9.32. The summed E-state index contributed by atoms with van der Waals surface area (Å²) >= 11 is 4.29. The Morgan fingerprint density at radius 2 is 1.62 bits per heavy atom. The Bertz CT molecular complexity index is 1500. The second kappa shape index (κ2) is 12.5. The molecule has 0 aliphatic rings. The predicted octanol–water partition coefficient (Wildman–Crippen LogP) is 6.23. The number of rotatable bonds is 9. The smallest absolute Gasteiger partial charge is 0.236 e. The molecule has 12 heteroatoms. The number of thioether (sulfide) groups is 2. The summed E-state index contributed by atoms with van der Waals surface area (Å²) in [5.74, 6) is 1.31. The molecule has 0 saturated heterocycles. The lowest BCUT2D eigenvalue weighted by Crippen LogP contribution is -2.14. The Balaban J connectivity index is 1.30. The van der Waals surface area contributed by atoms with E-state index in [-0.39, 0.29) is 23.0 Å². The van der Waals surface area contributed by atoms with Crippen LogP contribution >= 0.6 is 34.9 Å². The molecule has 0 fully saturated rings. The number of aryl methyl sites for hydroxylation is 2. The quantitative estimate of drug-likeness (QED) is 0.173. The molecule has 0 saturated carbocycles. The lowest BCUT2D eigenvalue weighted by atomic mass is 9.84. The van der Waals surface area contributed by atoms with E-state index in [1.165, 1.54) is 52.3 Å². The lowest BCUT2D eigenvalue weighted by molar-refractivity contribution is -0.114. The summed E-state index contributed by atoms with van der Waals surface area (Å²) in [6.45, 7) is 12.5. The normalized spacial score (nSPS) is 11.5. The number of carbonyl (C=O) groups is 2. The topological polar surface area (TPSA) is 115 Å². The monoisotopic (exact) mass is 595 g/mol. The van der Waals surface area contributed by atoms with Gasteiger partial charge in [0.1, 0.15) is 0 Å². The van der Waals surface area contributed by atoms with Crippen LogP contribution in [0.4, 0.5) is 10.8 Å². The Hall–Kier alpha value is -3.22. The average Bonchev–Trinajstić information content (AvgIpc) is 3.47. The maximum absolute atomic E-state index is 12.6. The standard InChI is InChI=1S/C28H33N7O2S3/c1-16-12-20(28(4,5)6)13-17(2)22(16)14-39-27-34-32-25(40-27)30-23(37)15-38-26-33-31-24(35(26)7)19-8-10-21(11-9-19)29-18(3)36/h8-13H,14-15H2,1-7H3,(H,29,36)(H,30,32,37). The van der Waals surface area contributed by atoms with E-state index in [1.54, 1.807) is 11.8 Å². The third-order valence-corrected chi connectivity index (χ3v) is 9.20. The molecule has 0 aliphatic heterocycles. The number of nitrogens with zero attached hydrogens (tertiary/aromatic N) is 5. The molecule has 40 heavy (non-hydrogen) atoms. The van der Waals surface area contributed by atoms with Crippen LogP contribution in [-0.4, -0.2) is 42.5 Å². The first kappa shape index (κ1) is 29.8. The van der Waals surface area contributed by atoms with Crippen LogP contribution in [0.5, 0.6) is 0 Å². The van der Waals surface area contributed by atoms with Crippen molar-refractivity contribution in [3.8, 4) is 11.4 Å². The summed E-state index contributed by atoms with van der Waals surface area (Å²) in [7, 11) is 1.85. The van der Waals surface area contributed by atoms with Gasteiger partial charge < -0.3 is 9.88 Å². The van der Waals surface area contributed by atoms with E-state index < -0.39 is 0 Å². The molecule has 0 unspecified atom stereocenters. The fourth-order valence-corrected chi connectivity index (χ4v) is 6.67. The van der Waals surface area contributed by atoms with Gasteiger partial charge in [0.05, 0.1) is 5.75 Å². The van der Waals surface area contributed by atoms with Crippen LogP contribution in [0.15, 0.2) is 45.9 Å². The summed E-state index contributed by atoms with van der Waals surface area (Å²) in [4.78, 5) is 23.8. The SMILES string of the molecule is CC(=O)Nc1ccc(-c2nnc(SCC(=O)Nc3nnc(SCc4c(C)cc(C(C)(C)C)cc4C)s3)n2C)cc1. The van der Waals surface area contributed by atoms with Crippen molar-refractivity contribution in [2.45, 2.75) is 62.2 Å². The zero-order chi connectivity index (χ0) is 29.0. The molecule has 0 radical (unpaired) electrons. The van der Waals surface area contributed by atoms with E-state index in [9.17, 15) is 9.59 Å². The molecule has 2 heterocycles. The van der Waals surface area contributed by atoms with E-state index in [1.807, 2.05) is 35.9 Å². The van der Waals surface area contributed by atoms with Gasteiger partial charge in [0.25, 0.3) is 0 Å². The summed E-state index contributed by atoms with van der Waals surface area (Å²) < 4.78 is 2.65. The molecule has 2 N–H and O–H groups in total. The molecule has 0 aliphatic carbocycles. The summed E-state index contributed by atoms with van der Waals surface area (Å²) in [5, 5.41) is 23.6. The van der Waals surface area contributed by atoms with Crippen LogP contribution in [-0.2, 0) is 27.8 Å². The molecule has 0 spiro atoms. The minimum absolute atomic E-state index is 0.114. The van der Waals surface area contributed by atoms with E-state index >= 15 is 0 Å². The third kappa shape index (κ3) is 7.49. The fourth-order valence-electron chi connectivity index (χ4n) is 3.99. The molecule has 210 valence electrons. The summed E-state index contributed by atoms with van der Waals surface area (Å²) in [6.07, 6.45) is 0. The average molecular weight is 596 g/mol. The first-order valence-electron chi connectivity index (χ1n) is 12.7. The maximum atomic E-state index is 12.6. The highest BCUT2D eigenvalue weighted by molar-refractivity contribution is 8.00. The first-order chi connectivity index (χ1) is 18.9. The molecule has 9 nitrogen and oxygen atoms in total. The van der Waals surface area contributed by atoms with Crippen molar-refractivity contribution in [1.29, 1.82) is 0 Å². The van der Waals surface area contributed by atoms with Crippen LogP contribution < -0.4 is 10.6 Å². The van der Waals surface area contributed by atoms with Gasteiger partial charge in [-0.05, 0) is 65.8 Å². The van der Waals surface area contributed by atoms with Crippen LogP contribution in [0.1, 0.15) is 49.9 Å². The van der Waals surface area contributed by atoms with Gasteiger partial charge in [0.2, 0.25) is 16.9 Å². The van der Waals surface area contributed by atoms with Gasteiger partial charge in [-0.15, -0.1) is 20.4 Å². The third-order valence-electron chi connectivity index (χ3n) is 6.19. The van der Waals surface area contributed by atoms with E-state index in [0.717, 1.165) is 15.7 Å². The number of nitrogens with one attached hydrogen (secondary N) is 2. The van der Waals surface area contributed by atoms with Gasteiger partial charge in [-0.3, -0.25) is 14.9 Å². The lowest BCUT2D eigenvalue weighted by Gasteiger charge is -2.22. The van der Waals surface area contributed by atoms with E-state index in [4.69, 9.17) is 0 Å². The molecule has 2 aromatic heterocycles. The first-order valence-corrected chi connectivity index (χ1v) is 15.5. The van der Waals surface area contributed by atoms with Crippen molar-refractivity contribution in [1.82, 2.24) is 25.0 Å². The molecule has 2 aromatic carbocycles. The predicted molar refractivity (Wildman–Crippen MR) is 164 cm³/mol. The zero-order valence-corrected chi connectivity index (χ0v) is 26.1. The second-order valence-electron chi connectivity index (χ2n) is 10.5. The van der Waals surface area contributed by atoms with Crippen LogP contribution in [0, 0.1) is 13.8 Å². The number of hydrogen-bond acceptors (Lipinski definition) is 9. The maximum Gasteiger partial charge on any atom is 0.236 e. The molecule has 0 atom stereocenters. The van der Waals surface area contributed by atoms with Crippen LogP contribution in [0.3, 0.4) is 0 Å². The van der Waals surface area contributed by atoms with Crippen LogP contribution in [0.25, 0.3) is 11.4 Å². The molecule has 2 amide bonds. The Labute approximate surface area is 247 Å². The van der Waals surface area contributed by atoms with Gasteiger partial charge in [0.15, 0.2) is 15.3 Å². The number of amides is 2. The second-order valence-corrected chi connectivity index (χ2v) is 13.6. The van der Waals surface area contributed by atoms with Crippen molar-refractivity contribution in [3.05, 3.63) is 58.7 Å². The fraction of sp³-hybridized carbons (Fsp3) is 0.357. The zero-order valence-electron chi connectivity index (χ0n) is 23.7. The number of anilines is 2. The number of aromatic nitrogens is 5. The Morgan fingerprint density at radius 3 is 2.25 bits per heavy atom. The van der Waals surface area contributed by atoms with E-state index in [2.05, 4.69) is 77.8 Å². The van der Waals surface area contributed by atoms with E-state index in [0.29, 0.717) is 21.8 Å². The van der Waals surface area contributed by atoms with Crippen molar-refractivity contribution in [3.63, 3.8) is 0 Å². The van der Waals surface area contributed by atoms with Gasteiger partial charge >= 0.3 is 0 Å². The minimum Gasteiger partial charge on any atom is -0.326 e. The molecular formula is C28H33N7O2S3. The van der Waals surface area contributed by atoms with Crippen molar-refractivity contribution >= 4 is 57.5 Å². The van der Waals surface area contributed by atoms with Gasteiger partial charge in [-0.2, -0.15) is 0 Å². The minimum atomic E-state index is -0.189. The summed E-state index contributed by atoms with van der Waals surface area (Å²) in [6, 6.07) is 11.9. The summed E-state index contributed by atoms with van der Waals surface area (Å²) in [5.41, 5.74) is 6.88. The van der Waals surface area contributed by atoms with Crippen molar-refractivity contribution in [2.75, 3.05) is 16.4 Å². The molecule has 4 rings (SSSR count).